The number of hydrogen-bond donors (Lipinski definition) is 4. The molecule has 3 aliphatic carbocycles. The monoisotopic (exact) mass is 896 g/mol. The van der Waals surface area contributed by atoms with Crippen LogP contribution in [0.4, 0.5) is 4.79 Å². The lowest BCUT2D eigenvalue weighted by atomic mass is 9.87. The van der Waals surface area contributed by atoms with Gasteiger partial charge in [0.1, 0.15) is 41.1 Å². The molecule has 4 N–H and O–H groups in total. The number of fused-ring (bicyclic) bond motifs is 6. The topological polar surface area (TPSA) is 202 Å². The predicted molar refractivity (Wildman–Crippen MR) is 241 cm³/mol. The van der Waals surface area contributed by atoms with Gasteiger partial charge in [0.25, 0.3) is 11.8 Å². The molecule has 3 amide bonds. The number of aliphatic hydroxyl groups excluding tert-OH is 1. The van der Waals surface area contributed by atoms with Crippen LogP contribution in [0.25, 0.3) is 33.5 Å². The minimum absolute atomic E-state index is 0.000160. The summed E-state index contributed by atoms with van der Waals surface area (Å²) in [5, 5.41) is 18.5. The number of ether oxygens (including phenoxy) is 2. The maximum absolute atomic E-state index is 14.9. The van der Waals surface area contributed by atoms with Gasteiger partial charge in [-0.2, -0.15) is 4.98 Å². The van der Waals surface area contributed by atoms with Gasteiger partial charge < -0.3 is 29.2 Å². The highest BCUT2D eigenvalue weighted by Gasteiger charge is 2.51. The first-order valence-corrected chi connectivity index (χ1v) is 24.6. The van der Waals surface area contributed by atoms with Crippen LogP contribution in [0.15, 0.2) is 64.6 Å². The molecule has 5 aliphatic rings. The Hall–Kier alpha value is -5.06. The first kappa shape index (κ1) is 44.2. The third-order valence-corrected chi connectivity index (χ3v) is 15.5. The fourth-order valence-electron chi connectivity index (χ4n) is 9.85. The fraction of sp³-hybridized carbons (Fsp3) is 0.562. The van der Waals surface area contributed by atoms with Crippen molar-refractivity contribution in [1.29, 1.82) is 0 Å². The van der Waals surface area contributed by atoms with Gasteiger partial charge in [-0.3, -0.25) is 19.6 Å². The van der Waals surface area contributed by atoms with E-state index in [1.165, 1.54) is 4.90 Å². The molecule has 2 aromatic carbocycles. The summed E-state index contributed by atoms with van der Waals surface area (Å²) in [5.74, 6) is -0.559. The molecule has 2 bridgehead atoms. The van der Waals surface area contributed by atoms with Crippen molar-refractivity contribution in [3.63, 3.8) is 0 Å². The molecule has 9 rings (SSSR count). The van der Waals surface area contributed by atoms with Crippen molar-refractivity contribution in [2.45, 2.75) is 164 Å². The van der Waals surface area contributed by atoms with Gasteiger partial charge in [-0.05, 0) is 100 Å². The summed E-state index contributed by atoms with van der Waals surface area (Å²) in [7, 11) is -3.90. The average Bonchev–Trinajstić information content (AvgIpc) is 3.53. The van der Waals surface area contributed by atoms with Crippen LogP contribution in [-0.2, 0) is 29.8 Å². The second-order valence-electron chi connectivity index (χ2n) is 19.5. The number of nitrogens with zero attached hydrogens (tertiary/aromatic N) is 3. The Bertz CT molecular complexity index is 2540. The maximum Gasteiger partial charge on any atom is 0.408 e. The van der Waals surface area contributed by atoms with Gasteiger partial charge in [0.05, 0.1) is 17.8 Å². The number of furan rings is 1. The summed E-state index contributed by atoms with van der Waals surface area (Å²) in [5.41, 5.74) is 2.90. The van der Waals surface area contributed by atoms with Crippen molar-refractivity contribution >= 4 is 50.0 Å². The number of para-hydroxylation sites is 1. The second kappa shape index (κ2) is 17.7. The number of nitrogens with one attached hydrogen (secondary N) is 3. The molecule has 5 atom stereocenters. The average molecular weight is 897 g/mol. The number of amides is 3. The molecular weight excluding hydrogens is 837 g/mol. The Morgan fingerprint density at radius 3 is 2.45 bits per heavy atom. The van der Waals surface area contributed by atoms with Crippen LogP contribution in [0.3, 0.4) is 0 Å². The molecule has 1 unspecified atom stereocenters. The SMILES string of the molecule is CC(C)(C)c1ccc(-c2nc(O[C@@H]3C[C@H]4C(O)N[C@]5(C(=O)NS(=O)(=O)C6CC6)CC/C(=C/CCCCC[C@H](NC(=O)OC6CCCC6)C(=O)N4C3)C5)c3oc4ccccc4c3n2)cc1. The van der Waals surface area contributed by atoms with Crippen LogP contribution in [0, 0.1) is 0 Å². The molecule has 0 radical (unpaired) electrons. The third kappa shape index (κ3) is 9.36. The number of benzene rings is 2. The van der Waals surface area contributed by atoms with E-state index in [1.54, 1.807) is 0 Å². The third-order valence-electron chi connectivity index (χ3n) is 13.7. The van der Waals surface area contributed by atoms with E-state index in [0.717, 1.165) is 67.0 Å². The maximum atomic E-state index is 14.9. The van der Waals surface area contributed by atoms with E-state index in [0.29, 0.717) is 54.6 Å². The van der Waals surface area contributed by atoms with E-state index in [1.807, 2.05) is 36.4 Å². The number of aliphatic hydroxyl groups is 1. The van der Waals surface area contributed by atoms with Crippen LogP contribution in [-0.4, -0.2) is 94.2 Å². The normalized spacial score (nSPS) is 27.1. The van der Waals surface area contributed by atoms with E-state index in [2.05, 4.69) is 54.3 Å². The first-order chi connectivity index (χ1) is 30.7. The number of alkyl carbamates (subject to hydrolysis) is 1. The molecular formula is C48H60N6O9S. The van der Waals surface area contributed by atoms with Crippen molar-refractivity contribution in [2.24, 2.45) is 0 Å². The van der Waals surface area contributed by atoms with Crippen molar-refractivity contribution < 1.29 is 41.8 Å². The largest absolute Gasteiger partial charge is 0.470 e. The van der Waals surface area contributed by atoms with E-state index in [9.17, 15) is 27.9 Å². The van der Waals surface area contributed by atoms with Gasteiger partial charge in [0.15, 0.2) is 5.82 Å². The minimum atomic E-state index is -3.90. The van der Waals surface area contributed by atoms with Crippen LogP contribution in [0.1, 0.15) is 123 Å². The molecule has 2 aliphatic heterocycles. The Balaban J connectivity index is 1.06. The number of rotatable bonds is 8. The van der Waals surface area contributed by atoms with Crippen LogP contribution < -0.4 is 20.1 Å². The molecule has 15 nitrogen and oxygen atoms in total. The van der Waals surface area contributed by atoms with Crippen molar-refractivity contribution in [1.82, 2.24) is 30.2 Å². The number of hydrogen-bond acceptors (Lipinski definition) is 12. The Morgan fingerprint density at radius 1 is 0.953 bits per heavy atom. The summed E-state index contributed by atoms with van der Waals surface area (Å²) < 4.78 is 47.5. The predicted octanol–water partition coefficient (Wildman–Crippen LogP) is 7.06. The summed E-state index contributed by atoms with van der Waals surface area (Å²) in [4.78, 5) is 53.9. The van der Waals surface area contributed by atoms with Crippen molar-refractivity contribution in [2.75, 3.05) is 6.54 Å². The molecule has 1 saturated heterocycles. The minimum Gasteiger partial charge on any atom is -0.470 e. The number of aromatic nitrogens is 2. The molecule has 4 fully saturated rings. The Kier molecular flexibility index (Phi) is 12.2. The lowest BCUT2D eigenvalue weighted by Crippen LogP contribution is -2.64. The molecule has 342 valence electrons. The van der Waals surface area contributed by atoms with Gasteiger partial charge >= 0.3 is 6.09 Å². The second-order valence-corrected chi connectivity index (χ2v) is 21.5. The van der Waals surface area contributed by atoms with Crippen LogP contribution >= 0.6 is 0 Å². The number of allylic oxidation sites excluding steroid dienone is 1. The van der Waals surface area contributed by atoms with E-state index in [4.69, 9.17) is 23.9 Å². The zero-order valence-corrected chi connectivity index (χ0v) is 37.8. The highest BCUT2D eigenvalue weighted by atomic mass is 32.2. The number of sulfonamides is 1. The van der Waals surface area contributed by atoms with Crippen molar-refractivity contribution in [3.8, 4) is 17.3 Å². The molecule has 2 aromatic heterocycles. The number of carbonyl (C=O) groups excluding carboxylic acids is 3. The number of carbonyl (C=O) groups is 3. The van der Waals surface area contributed by atoms with E-state index >= 15 is 0 Å². The standard InChI is InChI=1S/C48H60N6O9S/c1-47(2,3)31-20-18-30(19-21-31)41-50-39-35-15-10-11-17-38(35)63-40(39)43(51-41)61-33-26-37-42(55)52-48(45(57)53-64(59,60)34-22-23-34)25-24-29(27-48)12-6-4-5-7-16-36(44(56)54(37)28-33)49-46(58)62-32-13-8-9-14-32/h10-12,15,17-21,32-34,36-37,42,52,55H,4-9,13-14,16,22-28H2,1-3H3,(H,49,58)(H,53,57)/b29-12-/t33-,36+,37+,42?,48-/m1/s1. The van der Waals surface area contributed by atoms with Gasteiger partial charge in [-0.15, -0.1) is 0 Å². The van der Waals surface area contributed by atoms with E-state index < -0.39 is 63.1 Å². The van der Waals surface area contributed by atoms with Gasteiger partial charge in [-0.1, -0.05) is 81.7 Å². The highest BCUT2D eigenvalue weighted by Crippen LogP contribution is 2.40. The van der Waals surface area contributed by atoms with Gasteiger partial charge in [0, 0.05) is 17.4 Å². The Labute approximate surface area is 374 Å². The Morgan fingerprint density at radius 2 is 1.70 bits per heavy atom. The zero-order chi connectivity index (χ0) is 44.8. The molecule has 16 heteroatoms. The highest BCUT2D eigenvalue weighted by molar-refractivity contribution is 7.91. The summed E-state index contributed by atoms with van der Waals surface area (Å²) in [6.07, 6.45) is 7.92. The quantitative estimate of drug-likeness (QED) is 0.132. The zero-order valence-electron chi connectivity index (χ0n) is 36.9. The molecule has 64 heavy (non-hydrogen) atoms. The molecule has 0 spiro atoms. The lowest BCUT2D eigenvalue weighted by molar-refractivity contribution is -0.138. The summed E-state index contributed by atoms with van der Waals surface area (Å²) >= 11 is 0. The molecule has 4 heterocycles. The van der Waals surface area contributed by atoms with Crippen LogP contribution in [0.5, 0.6) is 5.88 Å². The lowest BCUT2D eigenvalue weighted by Gasteiger charge is -2.37. The van der Waals surface area contributed by atoms with Crippen LogP contribution in [0.2, 0.25) is 0 Å². The first-order valence-electron chi connectivity index (χ1n) is 23.1. The van der Waals surface area contributed by atoms with Crippen molar-refractivity contribution in [3.05, 3.63) is 65.7 Å². The van der Waals surface area contributed by atoms with Gasteiger partial charge in [-0.25, -0.2) is 18.2 Å². The summed E-state index contributed by atoms with van der Waals surface area (Å²) in [6, 6.07) is 13.7. The summed E-state index contributed by atoms with van der Waals surface area (Å²) in [6.45, 7) is 6.45. The van der Waals surface area contributed by atoms with E-state index in [-0.39, 0.29) is 43.2 Å². The van der Waals surface area contributed by atoms with Gasteiger partial charge in [0.2, 0.25) is 21.5 Å². The fourth-order valence-corrected chi connectivity index (χ4v) is 11.2. The molecule has 3 saturated carbocycles. The smallest absolute Gasteiger partial charge is 0.408 e. The molecule has 4 aromatic rings.